The summed E-state index contributed by atoms with van der Waals surface area (Å²) in [6.07, 6.45) is 0.403. The number of hydrogen-bond donors (Lipinski definition) is 7. The zero-order chi connectivity index (χ0) is 25.0. The third-order valence-electron chi connectivity index (χ3n) is 4.39. The fourth-order valence-electron chi connectivity index (χ4n) is 2.72. The van der Waals surface area contributed by atoms with Gasteiger partial charge in [0, 0.05) is 0 Å². The third-order valence-corrected chi connectivity index (χ3v) is 5.03. The molecular formula is C19H35N5O7S. The molecule has 9 N–H and O–H groups in total. The minimum atomic E-state index is -1.63. The zero-order valence-electron chi connectivity index (χ0n) is 18.8. The number of aliphatic carboxylic acids is 1. The van der Waals surface area contributed by atoms with E-state index in [0.29, 0.717) is 12.2 Å². The van der Waals surface area contributed by atoms with Gasteiger partial charge in [-0.25, -0.2) is 4.79 Å². The van der Waals surface area contributed by atoms with E-state index in [0.717, 1.165) is 0 Å². The maximum Gasteiger partial charge on any atom is 0.326 e. The van der Waals surface area contributed by atoms with Crippen LogP contribution in [0.5, 0.6) is 0 Å². The van der Waals surface area contributed by atoms with E-state index >= 15 is 0 Å². The number of aliphatic hydroxyl groups is 1. The van der Waals surface area contributed by atoms with Crippen molar-refractivity contribution in [3.63, 3.8) is 0 Å². The molecule has 0 aliphatic rings. The van der Waals surface area contributed by atoms with Crippen molar-refractivity contribution in [2.75, 3.05) is 12.0 Å². The Labute approximate surface area is 191 Å². The molecule has 184 valence electrons. The molecule has 0 aliphatic heterocycles. The summed E-state index contributed by atoms with van der Waals surface area (Å²) >= 11 is 1.44. The summed E-state index contributed by atoms with van der Waals surface area (Å²) in [5.74, 6) is -4.06. The Hall–Kier alpha value is -2.38. The molecule has 0 bridgehead atoms. The number of carbonyl (C=O) groups excluding carboxylic acids is 4. The number of nitrogens with one attached hydrogen (secondary N) is 3. The number of hydrogen-bond acceptors (Lipinski definition) is 8. The molecule has 0 rings (SSSR count). The van der Waals surface area contributed by atoms with E-state index in [1.165, 1.54) is 18.7 Å². The Bertz CT molecular complexity index is 674. The molecule has 0 saturated heterocycles. The summed E-state index contributed by atoms with van der Waals surface area (Å²) < 4.78 is 0. The number of thioether (sulfide) groups is 1. The highest BCUT2D eigenvalue weighted by molar-refractivity contribution is 7.98. The lowest BCUT2D eigenvalue weighted by atomic mass is 10.0. The second kappa shape index (κ2) is 14.6. The van der Waals surface area contributed by atoms with Crippen LogP contribution in [0.3, 0.4) is 0 Å². The average Bonchev–Trinajstić information content (AvgIpc) is 2.66. The van der Waals surface area contributed by atoms with Gasteiger partial charge in [-0.2, -0.15) is 11.8 Å². The number of aliphatic hydroxyl groups excluding tert-OH is 1. The maximum absolute atomic E-state index is 12.8. The molecule has 0 spiro atoms. The Morgan fingerprint density at radius 1 is 0.938 bits per heavy atom. The first-order valence-corrected chi connectivity index (χ1v) is 11.5. The first kappa shape index (κ1) is 29.6. The number of carboxylic acid groups (broad SMARTS) is 1. The van der Waals surface area contributed by atoms with Crippen molar-refractivity contribution < 1.29 is 34.2 Å². The standard InChI is InChI=1S/C19H35N5O7S/c1-9(2)7-11(20)16(27)22-12(5-6-32-4)17(28)24-15(10(3)25)18(29)23-13(19(30)31)8-14(21)26/h9-13,15,25H,5-8,20H2,1-4H3,(H2,21,26)(H,22,27)(H,23,29)(H,24,28)(H,30,31). The van der Waals surface area contributed by atoms with Crippen molar-refractivity contribution in [1.82, 2.24) is 16.0 Å². The van der Waals surface area contributed by atoms with Gasteiger partial charge in [0.1, 0.15) is 18.1 Å². The summed E-state index contributed by atoms with van der Waals surface area (Å²) in [5.41, 5.74) is 10.9. The molecule has 32 heavy (non-hydrogen) atoms. The van der Waals surface area contributed by atoms with Crippen LogP contribution in [0.25, 0.3) is 0 Å². The second-order valence-electron chi connectivity index (χ2n) is 7.88. The van der Waals surface area contributed by atoms with Gasteiger partial charge in [-0.15, -0.1) is 0 Å². The monoisotopic (exact) mass is 477 g/mol. The lowest BCUT2D eigenvalue weighted by molar-refractivity contribution is -0.144. The predicted molar refractivity (Wildman–Crippen MR) is 119 cm³/mol. The maximum atomic E-state index is 12.8. The van der Waals surface area contributed by atoms with Crippen LogP contribution in [0.4, 0.5) is 0 Å². The predicted octanol–water partition coefficient (Wildman–Crippen LogP) is -2.09. The molecule has 12 nitrogen and oxygen atoms in total. The molecule has 13 heteroatoms. The van der Waals surface area contributed by atoms with Crippen LogP contribution in [-0.4, -0.2) is 82.1 Å². The largest absolute Gasteiger partial charge is 0.480 e. The summed E-state index contributed by atoms with van der Waals surface area (Å²) in [6.45, 7) is 5.03. The molecule has 0 saturated carbocycles. The fraction of sp³-hybridized carbons (Fsp3) is 0.737. The van der Waals surface area contributed by atoms with Gasteiger partial charge in [-0.1, -0.05) is 13.8 Å². The minimum Gasteiger partial charge on any atom is -0.480 e. The summed E-state index contributed by atoms with van der Waals surface area (Å²) in [6, 6.07) is -5.00. The van der Waals surface area contributed by atoms with Gasteiger partial charge in [0.15, 0.2) is 0 Å². The van der Waals surface area contributed by atoms with Crippen LogP contribution in [0.2, 0.25) is 0 Å². The first-order valence-electron chi connectivity index (χ1n) is 10.1. The topological polar surface area (TPSA) is 214 Å². The summed E-state index contributed by atoms with van der Waals surface area (Å²) in [4.78, 5) is 59.9. The highest BCUT2D eigenvalue weighted by Crippen LogP contribution is 2.07. The van der Waals surface area contributed by atoms with Crippen molar-refractivity contribution in [2.24, 2.45) is 17.4 Å². The highest BCUT2D eigenvalue weighted by atomic mass is 32.2. The molecule has 0 aromatic heterocycles. The first-order chi connectivity index (χ1) is 14.8. The number of amides is 4. The lowest BCUT2D eigenvalue weighted by Crippen LogP contribution is -2.60. The van der Waals surface area contributed by atoms with Crippen LogP contribution in [0.1, 0.15) is 40.0 Å². The Kier molecular flexibility index (Phi) is 13.5. The van der Waals surface area contributed by atoms with Crippen LogP contribution in [0, 0.1) is 5.92 Å². The molecular weight excluding hydrogens is 442 g/mol. The van der Waals surface area contributed by atoms with Gasteiger partial charge in [-0.3, -0.25) is 19.2 Å². The number of nitrogens with two attached hydrogens (primary N) is 2. The molecule has 0 radical (unpaired) electrons. The van der Waals surface area contributed by atoms with E-state index in [-0.39, 0.29) is 12.3 Å². The fourth-order valence-corrected chi connectivity index (χ4v) is 3.19. The Balaban J connectivity index is 5.38. The van der Waals surface area contributed by atoms with Gasteiger partial charge in [0.25, 0.3) is 0 Å². The molecule has 5 unspecified atom stereocenters. The number of rotatable bonds is 15. The SMILES string of the molecule is CSCCC(NC(=O)C(N)CC(C)C)C(=O)NC(C(=O)NC(CC(N)=O)C(=O)O)C(C)O. The highest BCUT2D eigenvalue weighted by Gasteiger charge is 2.33. The van der Waals surface area contributed by atoms with Crippen LogP contribution < -0.4 is 27.4 Å². The van der Waals surface area contributed by atoms with Crippen molar-refractivity contribution in [1.29, 1.82) is 0 Å². The molecule has 4 amide bonds. The van der Waals surface area contributed by atoms with E-state index in [9.17, 15) is 29.1 Å². The third kappa shape index (κ3) is 11.3. The number of carbonyl (C=O) groups is 5. The van der Waals surface area contributed by atoms with E-state index < -0.39 is 66.3 Å². The van der Waals surface area contributed by atoms with E-state index in [2.05, 4.69) is 16.0 Å². The molecule has 5 atom stereocenters. The molecule has 0 aromatic carbocycles. The minimum absolute atomic E-state index is 0.167. The zero-order valence-corrected chi connectivity index (χ0v) is 19.6. The van der Waals surface area contributed by atoms with Crippen molar-refractivity contribution >= 4 is 41.4 Å². The quantitative estimate of drug-likeness (QED) is 0.137. The van der Waals surface area contributed by atoms with Crippen molar-refractivity contribution in [3.05, 3.63) is 0 Å². The van der Waals surface area contributed by atoms with Crippen LogP contribution >= 0.6 is 11.8 Å². The van der Waals surface area contributed by atoms with Crippen molar-refractivity contribution in [3.8, 4) is 0 Å². The second-order valence-corrected chi connectivity index (χ2v) is 8.86. The van der Waals surface area contributed by atoms with Gasteiger partial charge in [-0.05, 0) is 37.7 Å². The Morgan fingerprint density at radius 3 is 1.94 bits per heavy atom. The molecule has 0 fully saturated rings. The molecule has 0 heterocycles. The summed E-state index contributed by atoms with van der Waals surface area (Å²) in [5, 5.41) is 26.1. The smallest absolute Gasteiger partial charge is 0.326 e. The van der Waals surface area contributed by atoms with Gasteiger partial charge in [0.05, 0.1) is 18.6 Å². The molecule has 0 aliphatic carbocycles. The normalized spacial score (nSPS) is 15.7. The lowest BCUT2D eigenvalue weighted by Gasteiger charge is -2.26. The molecule has 0 aromatic rings. The van der Waals surface area contributed by atoms with E-state index in [1.54, 1.807) is 0 Å². The average molecular weight is 478 g/mol. The van der Waals surface area contributed by atoms with Gasteiger partial charge in [0.2, 0.25) is 23.6 Å². The van der Waals surface area contributed by atoms with Crippen LogP contribution in [-0.2, 0) is 24.0 Å². The number of primary amides is 1. The van der Waals surface area contributed by atoms with E-state index in [1.807, 2.05) is 20.1 Å². The Morgan fingerprint density at radius 2 is 1.50 bits per heavy atom. The van der Waals surface area contributed by atoms with Gasteiger partial charge < -0.3 is 37.6 Å². The van der Waals surface area contributed by atoms with Crippen molar-refractivity contribution in [2.45, 2.75) is 70.3 Å². The van der Waals surface area contributed by atoms with E-state index in [4.69, 9.17) is 16.6 Å². The van der Waals surface area contributed by atoms with Crippen LogP contribution in [0.15, 0.2) is 0 Å². The van der Waals surface area contributed by atoms with Gasteiger partial charge >= 0.3 is 5.97 Å². The summed E-state index contributed by atoms with van der Waals surface area (Å²) in [7, 11) is 0. The number of carboxylic acids is 1.